The summed E-state index contributed by atoms with van der Waals surface area (Å²) in [4.78, 5) is 0. The summed E-state index contributed by atoms with van der Waals surface area (Å²) < 4.78 is 0. The van der Waals surface area contributed by atoms with Crippen LogP contribution in [0.5, 0.6) is 0 Å². The van der Waals surface area contributed by atoms with Crippen molar-refractivity contribution in [3.8, 4) is 0 Å². The van der Waals surface area contributed by atoms with Crippen LogP contribution in [0.2, 0.25) is 0 Å². The van der Waals surface area contributed by atoms with Gasteiger partial charge in [0.15, 0.2) is 0 Å². The Morgan fingerprint density at radius 1 is 0.886 bits per heavy atom. The topological polar surface area (TPSA) is 0 Å². The van der Waals surface area contributed by atoms with Gasteiger partial charge in [-0.3, -0.25) is 0 Å². The minimum Gasteiger partial charge on any atom is -0.0991 e. The summed E-state index contributed by atoms with van der Waals surface area (Å²) in [5, 5.41) is 0. The highest BCUT2D eigenvalue weighted by Crippen LogP contribution is 2.24. The van der Waals surface area contributed by atoms with Crippen LogP contribution < -0.4 is 0 Å². The van der Waals surface area contributed by atoms with Crippen LogP contribution >= 0.6 is 0 Å². The Morgan fingerprint density at radius 2 is 1.40 bits per heavy atom. The van der Waals surface area contributed by atoms with Crippen molar-refractivity contribution in [1.82, 2.24) is 0 Å². The van der Waals surface area contributed by atoms with E-state index in [1.165, 1.54) is 39.0 Å². The first-order valence-electron chi connectivity index (χ1n) is 11.5. The minimum atomic E-state index is 0. The average molecular weight is 481 g/mol. The van der Waals surface area contributed by atoms with Crippen LogP contribution in [0.15, 0.2) is 79.4 Å². The molecule has 0 heteroatoms. The molecule has 200 valence electrons. The first kappa shape index (κ1) is 42.6. The minimum absolute atomic E-state index is 0. The molecule has 0 N–H and O–H groups in total. The van der Waals surface area contributed by atoms with Crippen LogP contribution in [0.4, 0.5) is 0 Å². The van der Waals surface area contributed by atoms with Crippen molar-refractivity contribution in [3.63, 3.8) is 0 Å². The zero-order valence-corrected chi connectivity index (χ0v) is 21.5. The van der Waals surface area contributed by atoms with Gasteiger partial charge in [0.2, 0.25) is 0 Å². The predicted octanol–water partition coefficient (Wildman–Crippen LogP) is 12.5. The van der Waals surface area contributed by atoms with Crippen molar-refractivity contribution < 1.29 is 0 Å². The molecule has 0 unspecified atom stereocenters. The Bertz CT molecular complexity index is 871. The van der Waals surface area contributed by atoms with E-state index in [4.69, 9.17) is 0 Å². The molecule has 0 bridgehead atoms. The summed E-state index contributed by atoms with van der Waals surface area (Å²) in [7, 11) is 0. The molecule has 0 aliphatic carbocycles. The Balaban J connectivity index is -0.000000155. The molecule has 0 aromatic heterocycles. The van der Waals surface area contributed by atoms with E-state index in [-0.39, 0.29) is 29.7 Å². The van der Waals surface area contributed by atoms with Gasteiger partial charge >= 0.3 is 0 Å². The molecular weight excluding hydrogens is 420 g/mol. The van der Waals surface area contributed by atoms with Crippen molar-refractivity contribution in [2.75, 3.05) is 0 Å². The number of allylic oxidation sites excluding steroid dienone is 6. The maximum absolute atomic E-state index is 4.00. The number of hydrogen-bond donors (Lipinski definition) is 0. The van der Waals surface area contributed by atoms with Crippen molar-refractivity contribution in [2.45, 2.75) is 104 Å². The third-order valence-corrected chi connectivity index (χ3v) is 5.25. The molecule has 0 aliphatic rings. The molecular formula is C35H60. The Morgan fingerprint density at radius 3 is 1.77 bits per heavy atom. The molecule has 0 fully saturated rings. The van der Waals surface area contributed by atoms with Crippen LogP contribution in [-0.4, -0.2) is 0 Å². The van der Waals surface area contributed by atoms with Crippen LogP contribution in [0, 0.1) is 6.92 Å². The molecule has 35 heavy (non-hydrogen) atoms. The SMILES string of the molecule is C.C.C.C.C=C/C=C\C(C)=C(/C)c1ccc(C(=C)C)c(C)c1.CC.CCc1ccc(C(C)C)cc1. The number of hydrogen-bond acceptors (Lipinski definition) is 0. The van der Waals surface area contributed by atoms with E-state index in [0.29, 0.717) is 5.92 Å². The van der Waals surface area contributed by atoms with Crippen molar-refractivity contribution in [2.24, 2.45) is 0 Å². The van der Waals surface area contributed by atoms with E-state index < -0.39 is 0 Å². The first-order valence-corrected chi connectivity index (χ1v) is 11.5. The lowest BCUT2D eigenvalue weighted by molar-refractivity contribution is 0.865. The highest BCUT2D eigenvalue weighted by Gasteiger charge is 2.03. The third kappa shape index (κ3) is 15.1. The maximum atomic E-state index is 4.00. The number of rotatable bonds is 6. The summed E-state index contributed by atoms with van der Waals surface area (Å²) in [5.41, 5.74) is 10.3. The summed E-state index contributed by atoms with van der Waals surface area (Å²) >= 11 is 0. The quantitative estimate of drug-likeness (QED) is 0.360. The summed E-state index contributed by atoms with van der Waals surface area (Å²) in [5.74, 6) is 0.654. The largest absolute Gasteiger partial charge is 0.0991 e. The monoisotopic (exact) mass is 480 g/mol. The molecule has 0 saturated heterocycles. The molecule has 0 saturated carbocycles. The number of benzene rings is 2. The molecule has 2 aromatic carbocycles. The Labute approximate surface area is 222 Å². The fourth-order valence-electron chi connectivity index (χ4n) is 3.08. The second-order valence-electron chi connectivity index (χ2n) is 7.96. The molecule has 0 heterocycles. The second-order valence-corrected chi connectivity index (χ2v) is 7.96. The van der Waals surface area contributed by atoms with Crippen LogP contribution in [-0.2, 0) is 6.42 Å². The van der Waals surface area contributed by atoms with Crippen LogP contribution in [0.25, 0.3) is 11.1 Å². The smallest absolute Gasteiger partial charge is 0.0204 e. The second kappa shape index (κ2) is 23.2. The molecule has 0 amide bonds. The van der Waals surface area contributed by atoms with Gasteiger partial charge in [0.05, 0.1) is 0 Å². The highest BCUT2D eigenvalue weighted by molar-refractivity contribution is 5.73. The lowest BCUT2D eigenvalue weighted by Gasteiger charge is -2.10. The van der Waals surface area contributed by atoms with Crippen LogP contribution in [0.3, 0.4) is 0 Å². The van der Waals surface area contributed by atoms with Crippen LogP contribution in [0.1, 0.15) is 119 Å². The van der Waals surface area contributed by atoms with E-state index in [1.54, 1.807) is 6.08 Å². The van der Waals surface area contributed by atoms with Gasteiger partial charge in [0.1, 0.15) is 0 Å². The molecule has 2 aromatic rings. The number of aryl methyl sites for hydroxylation is 2. The van der Waals surface area contributed by atoms with Gasteiger partial charge < -0.3 is 0 Å². The molecule has 0 spiro atoms. The van der Waals surface area contributed by atoms with Gasteiger partial charge in [-0.15, -0.1) is 0 Å². The first-order chi connectivity index (χ1) is 14.7. The molecule has 0 atom stereocenters. The van der Waals surface area contributed by atoms with Gasteiger partial charge in [-0.1, -0.05) is 144 Å². The predicted molar refractivity (Wildman–Crippen MR) is 172 cm³/mol. The van der Waals surface area contributed by atoms with E-state index in [0.717, 1.165) is 12.0 Å². The Hall–Kier alpha value is -2.60. The third-order valence-electron chi connectivity index (χ3n) is 5.25. The Kier molecular flexibility index (Phi) is 28.2. The fourth-order valence-corrected chi connectivity index (χ4v) is 3.08. The summed E-state index contributed by atoms with van der Waals surface area (Å²) in [6, 6.07) is 15.4. The molecule has 0 nitrogen and oxygen atoms in total. The van der Waals surface area contributed by atoms with Gasteiger partial charge in [-0.2, -0.15) is 0 Å². The normalized spacial score (nSPS) is 9.89. The maximum Gasteiger partial charge on any atom is -0.0204 e. The molecule has 2 rings (SSSR count). The molecule has 0 radical (unpaired) electrons. The highest BCUT2D eigenvalue weighted by atomic mass is 14.1. The van der Waals surface area contributed by atoms with E-state index >= 15 is 0 Å². The van der Waals surface area contributed by atoms with Crippen molar-refractivity contribution in [3.05, 3.63) is 107 Å². The zero-order chi connectivity index (χ0) is 24.0. The summed E-state index contributed by atoms with van der Waals surface area (Å²) in [6.45, 7) is 26.8. The zero-order valence-electron chi connectivity index (χ0n) is 21.5. The van der Waals surface area contributed by atoms with Gasteiger partial charge in [0, 0.05) is 0 Å². The molecule has 0 aliphatic heterocycles. The van der Waals surface area contributed by atoms with Crippen molar-refractivity contribution >= 4 is 11.1 Å². The summed E-state index contributed by atoms with van der Waals surface area (Å²) in [6.07, 6.45) is 6.99. The standard InChI is InChI=1S/C18H22.C11H16.C2H6.4CH4/c1-7-8-9-14(4)16(6)17-10-11-18(13(2)3)15(5)12-17;1-4-10-5-7-11(8-6-10)9(2)3;1-2;;;;/h7-12H,1-2H2,3-6H3;5-9H,4H2,1-3H3;1-2H3;4*1H4/b9-8-,16-14+;;;;;;. The fraction of sp³-hybridized carbons (Fsp3) is 0.429. The van der Waals surface area contributed by atoms with Gasteiger partial charge in [0.25, 0.3) is 0 Å². The van der Waals surface area contributed by atoms with E-state index in [9.17, 15) is 0 Å². The van der Waals surface area contributed by atoms with E-state index in [1.807, 2.05) is 26.8 Å². The van der Waals surface area contributed by atoms with E-state index in [2.05, 4.69) is 103 Å². The average Bonchev–Trinajstić information content (AvgIpc) is 2.78. The lowest BCUT2D eigenvalue weighted by atomic mass is 9.95. The van der Waals surface area contributed by atoms with Gasteiger partial charge in [-0.25, -0.2) is 0 Å². The van der Waals surface area contributed by atoms with Gasteiger partial charge in [-0.05, 0) is 79.0 Å². The lowest BCUT2D eigenvalue weighted by Crippen LogP contribution is -1.89. The van der Waals surface area contributed by atoms with Crippen molar-refractivity contribution in [1.29, 1.82) is 0 Å².